The van der Waals surface area contributed by atoms with E-state index in [0.29, 0.717) is 24.7 Å². The summed E-state index contributed by atoms with van der Waals surface area (Å²) in [5.74, 6) is 0. The van der Waals surface area contributed by atoms with Crippen LogP contribution in [0.4, 0.5) is 0 Å². The molecule has 1 aromatic carbocycles. The number of nitrogens with zero attached hydrogens (tertiary/aromatic N) is 1. The minimum absolute atomic E-state index is 0.0524. The van der Waals surface area contributed by atoms with E-state index in [4.69, 9.17) is 4.74 Å². The first-order chi connectivity index (χ1) is 8.57. The van der Waals surface area contributed by atoms with Crippen LogP contribution in [0.2, 0.25) is 0 Å². The van der Waals surface area contributed by atoms with E-state index in [1.54, 1.807) is 16.4 Å². The zero-order valence-electron chi connectivity index (χ0n) is 10.8. The summed E-state index contributed by atoms with van der Waals surface area (Å²) < 4.78 is 32.2. The Kier molecular flexibility index (Phi) is 4.04. The highest BCUT2D eigenvalue weighted by molar-refractivity contribution is 7.89. The summed E-state index contributed by atoms with van der Waals surface area (Å²) in [5.41, 5.74) is 0.791. The van der Waals surface area contributed by atoms with Gasteiger partial charge in [-0.25, -0.2) is 8.42 Å². The SMILES string of the molecule is CCC1COCCN1S(=O)(=O)c1ccccc1C. The third-order valence-corrected chi connectivity index (χ3v) is 5.44. The average Bonchev–Trinajstić information content (AvgIpc) is 2.39. The summed E-state index contributed by atoms with van der Waals surface area (Å²) in [7, 11) is -3.40. The Morgan fingerprint density at radius 1 is 1.39 bits per heavy atom. The van der Waals surface area contributed by atoms with Gasteiger partial charge >= 0.3 is 0 Å². The van der Waals surface area contributed by atoms with Gasteiger partial charge in [0.05, 0.1) is 18.1 Å². The highest BCUT2D eigenvalue weighted by atomic mass is 32.2. The van der Waals surface area contributed by atoms with E-state index in [0.717, 1.165) is 12.0 Å². The van der Waals surface area contributed by atoms with Gasteiger partial charge < -0.3 is 4.74 Å². The van der Waals surface area contributed by atoms with E-state index in [-0.39, 0.29) is 6.04 Å². The summed E-state index contributed by atoms with van der Waals surface area (Å²) in [6, 6.07) is 7.07. The molecule has 1 aliphatic heterocycles. The van der Waals surface area contributed by atoms with E-state index in [2.05, 4.69) is 0 Å². The fourth-order valence-corrected chi connectivity index (χ4v) is 4.15. The standard InChI is InChI=1S/C13H19NO3S/c1-3-12-10-17-9-8-14(12)18(15,16)13-7-5-4-6-11(13)2/h4-7,12H,3,8-10H2,1-2H3. The van der Waals surface area contributed by atoms with Crippen molar-refractivity contribution in [2.24, 2.45) is 0 Å². The molecule has 0 amide bonds. The number of rotatable bonds is 3. The Hall–Kier alpha value is -0.910. The van der Waals surface area contributed by atoms with Crippen molar-refractivity contribution < 1.29 is 13.2 Å². The second-order valence-electron chi connectivity index (χ2n) is 4.52. The van der Waals surface area contributed by atoms with Gasteiger partial charge in [0.25, 0.3) is 0 Å². The molecule has 0 aliphatic carbocycles. The van der Waals surface area contributed by atoms with E-state index in [1.807, 2.05) is 26.0 Å². The Balaban J connectivity index is 2.39. The third kappa shape index (κ3) is 2.43. The van der Waals surface area contributed by atoms with Crippen molar-refractivity contribution in [3.05, 3.63) is 29.8 Å². The van der Waals surface area contributed by atoms with Gasteiger partial charge in [-0.2, -0.15) is 4.31 Å². The molecule has 1 unspecified atom stereocenters. The molecule has 0 N–H and O–H groups in total. The second kappa shape index (κ2) is 5.38. The van der Waals surface area contributed by atoms with Crippen LogP contribution in [0.15, 0.2) is 29.2 Å². The maximum absolute atomic E-state index is 12.6. The van der Waals surface area contributed by atoms with Gasteiger partial charge in [-0.05, 0) is 25.0 Å². The molecule has 1 fully saturated rings. The first-order valence-electron chi connectivity index (χ1n) is 6.22. The second-order valence-corrected chi connectivity index (χ2v) is 6.38. The van der Waals surface area contributed by atoms with Crippen LogP contribution in [0.5, 0.6) is 0 Å². The number of sulfonamides is 1. The Morgan fingerprint density at radius 3 is 2.78 bits per heavy atom. The van der Waals surface area contributed by atoms with E-state index in [9.17, 15) is 8.42 Å². The van der Waals surface area contributed by atoms with Crippen LogP contribution in [-0.2, 0) is 14.8 Å². The van der Waals surface area contributed by atoms with Crippen LogP contribution in [0.1, 0.15) is 18.9 Å². The largest absolute Gasteiger partial charge is 0.378 e. The Bertz CT molecular complexity index is 513. The quantitative estimate of drug-likeness (QED) is 0.840. The van der Waals surface area contributed by atoms with Crippen molar-refractivity contribution in [1.29, 1.82) is 0 Å². The lowest BCUT2D eigenvalue weighted by Gasteiger charge is -2.34. The number of ether oxygens (including phenoxy) is 1. The van der Waals surface area contributed by atoms with Crippen molar-refractivity contribution in [2.75, 3.05) is 19.8 Å². The minimum atomic E-state index is -3.40. The summed E-state index contributed by atoms with van der Waals surface area (Å²) >= 11 is 0. The molecule has 0 spiro atoms. The van der Waals surface area contributed by atoms with Crippen molar-refractivity contribution >= 4 is 10.0 Å². The summed E-state index contributed by atoms with van der Waals surface area (Å²) in [5, 5.41) is 0. The smallest absolute Gasteiger partial charge is 0.243 e. The van der Waals surface area contributed by atoms with Crippen molar-refractivity contribution in [3.63, 3.8) is 0 Å². The third-order valence-electron chi connectivity index (χ3n) is 3.32. The number of morpholine rings is 1. The molecule has 0 bridgehead atoms. The molecule has 2 rings (SSSR count). The zero-order chi connectivity index (χ0) is 13.2. The highest BCUT2D eigenvalue weighted by Crippen LogP contribution is 2.24. The molecule has 1 atom stereocenters. The maximum Gasteiger partial charge on any atom is 0.243 e. The molecule has 0 aromatic heterocycles. The van der Waals surface area contributed by atoms with Crippen molar-refractivity contribution in [3.8, 4) is 0 Å². The monoisotopic (exact) mass is 269 g/mol. The number of benzene rings is 1. The lowest BCUT2D eigenvalue weighted by atomic mass is 10.2. The molecule has 1 saturated heterocycles. The zero-order valence-corrected chi connectivity index (χ0v) is 11.6. The molecule has 0 saturated carbocycles. The normalized spacial score (nSPS) is 22.0. The fraction of sp³-hybridized carbons (Fsp3) is 0.538. The van der Waals surface area contributed by atoms with E-state index in [1.165, 1.54) is 0 Å². The van der Waals surface area contributed by atoms with Gasteiger partial charge in [-0.1, -0.05) is 25.1 Å². The summed E-state index contributed by atoms with van der Waals surface area (Å²) in [4.78, 5) is 0.408. The maximum atomic E-state index is 12.6. The lowest BCUT2D eigenvalue weighted by Crippen LogP contribution is -2.48. The molecule has 1 aromatic rings. The van der Waals surface area contributed by atoms with Gasteiger partial charge in [-0.15, -0.1) is 0 Å². The van der Waals surface area contributed by atoms with Gasteiger partial charge in [-0.3, -0.25) is 0 Å². The molecular formula is C13H19NO3S. The number of hydrogen-bond donors (Lipinski definition) is 0. The van der Waals surface area contributed by atoms with Crippen LogP contribution in [-0.4, -0.2) is 38.5 Å². The topological polar surface area (TPSA) is 46.6 Å². The predicted octanol–water partition coefficient (Wildman–Crippen LogP) is 1.79. The van der Waals surface area contributed by atoms with Gasteiger partial charge in [0, 0.05) is 12.6 Å². The highest BCUT2D eigenvalue weighted by Gasteiger charge is 2.33. The molecule has 5 heteroatoms. The fourth-order valence-electron chi connectivity index (χ4n) is 2.25. The predicted molar refractivity (Wildman–Crippen MR) is 70.0 cm³/mol. The lowest BCUT2D eigenvalue weighted by molar-refractivity contribution is 0.0314. The Morgan fingerprint density at radius 2 is 2.11 bits per heavy atom. The first-order valence-corrected chi connectivity index (χ1v) is 7.66. The minimum Gasteiger partial charge on any atom is -0.378 e. The van der Waals surface area contributed by atoms with Crippen molar-refractivity contribution in [1.82, 2.24) is 4.31 Å². The average molecular weight is 269 g/mol. The first kappa shape index (κ1) is 13.5. The van der Waals surface area contributed by atoms with E-state index < -0.39 is 10.0 Å². The van der Waals surface area contributed by atoms with Gasteiger partial charge in [0.1, 0.15) is 0 Å². The van der Waals surface area contributed by atoms with Crippen LogP contribution in [0, 0.1) is 6.92 Å². The molecule has 18 heavy (non-hydrogen) atoms. The number of hydrogen-bond acceptors (Lipinski definition) is 3. The van der Waals surface area contributed by atoms with Crippen LogP contribution in [0.3, 0.4) is 0 Å². The summed E-state index contributed by atoms with van der Waals surface area (Å²) in [6.45, 7) is 5.21. The van der Waals surface area contributed by atoms with Crippen LogP contribution in [0.25, 0.3) is 0 Å². The summed E-state index contributed by atoms with van der Waals surface area (Å²) in [6.07, 6.45) is 0.769. The van der Waals surface area contributed by atoms with Crippen LogP contribution >= 0.6 is 0 Å². The molecule has 100 valence electrons. The number of aryl methyl sites for hydroxylation is 1. The molecule has 1 aliphatic rings. The van der Waals surface area contributed by atoms with Crippen LogP contribution < -0.4 is 0 Å². The molecule has 0 radical (unpaired) electrons. The van der Waals surface area contributed by atoms with Crippen molar-refractivity contribution in [2.45, 2.75) is 31.2 Å². The molecular weight excluding hydrogens is 250 g/mol. The molecule has 1 heterocycles. The van der Waals surface area contributed by atoms with E-state index >= 15 is 0 Å². The Labute approximate surface area is 109 Å². The molecule has 4 nitrogen and oxygen atoms in total. The van der Waals surface area contributed by atoms with Gasteiger partial charge in [0.15, 0.2) is 0 Å². The van der Waals surface area contributed by atoms with Gasteiger partial charge in [0.2, 0.25) is 10.0 Å².